The molecule has 0 aliphatic carbocycles. The molecule has 8 heteroatoms. The van der Waals surface area contributed by atoms with Gasteiger partial charge in [-0.3, -0.25) is 14.4 Å². The molecule has 3 saturated heterocycles. The summed E-state index contributed by atoms with van der Waals surface area (Å²) in [5.41, 5.74) is 0. The van der Waals surface area contributed by atoms with Crippen molar-refractivity contribution in [3.8, 4) is 0 Å². The van der Waals surface area contributed by atoms with Crippen molar-refractivity contribution in [2.75, 3.05) is 32.8 Å². The van der Waals surface area contributed by atoms with Gasteiger partial charge in [0.15, 0.2) is 0 Å². The molecule has 3 fully saturated rings. The Morgan fingerprint density at radius 3 is 2.61 bits per heavy atom. The van der Waals surface area contributed by atoms with Gasteiger partial charge in [0, 0.05) is 31.5 Å². The highest BCUT2D eigenvalue weighted by Gasteiger charge is 2.76. The number of rotatable bonds is 18. The summed E-state index contributed by atoms with van der Waals surface area (Å²) in [6, 6.07) is -0.581. The van der Waals surface area contributed by atoms with Gasteiger partial charge in [-0.2, -0.15) is 0 Å². The predicted octanol–water partition coefficient (Wildman–Crippen LogP) is 4.59. The van der Waals surface area contributed by atoms with Gasteiger partial charge in [0.1, 0.15) is 6.04 Å². The van der Waals surface area contributed by atoms with Crippen LogP contribution in [-0.2, 0) is 19.1 Å². The van der Waals surface area contributed by atoms with Crippen LogP contribution in [0.4, 0.5) is 0 Å². The second kappa shape index (κ2) is 14.5. The molecule has 2 bridgehead atoms. The summed E-state index contributed by atoms with van der Waals surface area (Å²) >= 11 is 1.71. The standard InChI is InChI=1S/C30H48N2O5S/c1-5-8-12-17-31(16-7-3)28(35)26-30-22(4)21-23(38-30)24(29(36)37-20-15-9-6-2)25(30)27(34)32(26)18-13-10-11-14-19-33/h6-7,22-26,33H,2-3,5,8-21H2,1,4H3/t22?,23-,24+,25+,26?,30?/m1/s1. The van der Waals surface area contributed by atoms with Crippen LogP contribution < -0.4 is 0 Å². The molecule has 0 aromatic carbocycles. The summed E-state index contributed by atoms with van der Waals surface area (Å²) in [7, 11) is 0. The van der Waals surface area contributed by atoms with Crippen LogP contribution in [0.25, 0.3) is 0 Å². The third kappa shape index (κ3) is 6.16. The van der Waals surface area contributed by atoms with Gasteiger partial charge in [-0.15, -0.1) is 24.9 Å². The molecule has 1 N–H and O–H groups in total. The molecular formula is C30H48N2O5S. The minimum atomic E-state index is -0.612. The number of amides is 2. The number of esters is 1. The molecule has 3 rings (SSSR count). The average Bonchev–Trinajstić information content (AvgIpc) is 3.49. The number of carbonyl (C=O) groups excluding carboxylic acids is 3. The third-order valence-electron chi connectivity index (χ3n) is 8.55. The van der Waals surface area contributed by atoms with Crippen LogP contribution in [0.2, 0.25) is 0 Å². The zero-order valence-electron chi connectivity index (χ0n) is 23.4. The molecule has 3 unspecified atom stereocenters. The van der Waals surface area contributed by atoms with Crippen molar-refractivity contribution in [1.82, 2.24) is 9.80 Å². The molecule has 214 valence electrons. The van der Waals surface area contributed by atoms with E-state index in [1.807, 2.05) is 15.9 Å². The fourth-order valence-corrected chi connectivity index (χ4v) is 9.13. The highest BCUT2D eigenvalue weighted by molar-refractivity contribution is 8.02. The first-order chi connectivity index (χ1) is 18.4. The van der Waals surface area contributed by atoms with E-state index < -0.39 is 22.6 Å². The normalized spacial score (nSPS) is 29.4. The monoisotopic (exact) mass is 548 g/mol. The van der Waals surface area contributed by atoms with Crippen molar-refractivity contribution in [2.24, 2.45) is 17.8 Å². The third-order valence-corrected chi connectivity index (χ3v) is 10.6. The van der Waals surface area contributed by atoms with E-state index in [4.69, 9.17) is 9.84 Å². The number of hydrogen-bond acceptors (Lipinski definition) is 6. The van der Waals surface area contributed by atoms with E-state index in [0.29, 0.717) is 26.2 Å². The fourth-order valence-electron chi connectivity index (χ4n) is 6.72. The Balaban J connectivity index is 1.90. The number of likely N-dealkylation sites (tertiary alicyclic amines) is 1. The lowest BCUT2D eigenvalue weighted by Gasteiger charge is -2.40. The lowest BCUT2D eigenvalue weighted by atomic mass is 9.66. The molecule has 0 aromatic rings. The van der Waals surface area contributed by atoms with Crippen molar-refractivity contribution in [2.45, 2.75) is 94.1 Å². The van der Waals surface area contributed by atoms with Crippen molar-refractivity contribution in [3.63, 3.8) is 0 Å². The van der Waals surface area contributed by atoms with E-state index in [1.54, 1.807) is 17.8 Å². The Bertz CT molecular complexity index is 850. The van der Waals surface area contributed by atoms with E-state index in [9.17, 15) is 14.4 Å². The van der Waals surface area contributed by atoms with Gasteiger partial charge in [-0.25, -0.2) is 0 Å². The molecule has 0 aromatic heterocycles. The zero-order valence-corrected chi connectivity index (χ0v) is 24.3. The molecule has 2 amide bonds. The van der Waals surface area contributed by atoms with Gasteiger partial charge in [-0.1, -0.05) is 51.7 Å². The Morgan fingerprint density at radius 2 is 1.92 bits per heavy atom. The molecule has 3 aliphatic rings. The zero-order chi connectivity index (χ0) is 27.7. The van der Waals surface area contributed by atoms with Crippen molar-refractivity contribution >= 4 is 29.5 Å². The first-order valence-corrected chi connectivity index (χ1v) is 15.5. The molecule has 3 heterocycles. The van der Waals surface area contributed by atoms with Crippen molar-refractivity contribution in [3.05, 3.63) is 25.3 Å². The Kier molecular flexibility index (Phi) is 11.8. The largest absolute Gasteiger partial charge is 0.465 e. The number of ether oxygens (including phenoxy) is 1. The molecular weight excluding hydrogens is 500 g/mol. The average molecular weight is 549 g/mol. The lowest BCUT2D eigenvalue weighted by Crippen LogP contribution is -2.57. The van der Waals surface area contributed by atoms with Crippen LogP contribution in [0.3, 0.4) is 0 Å². The summed E-state index contributed by atoms with van der Waals surface area (Å²) in [6.07, 6.45) is 12.2. The summed E-state index contributed by atoms with van der Waals surface area (Å²) in [4.78, 5) is 45.5. The topological polar surface area (TPSA) is 87.1 Å². The number of fused-ring (bicyclic) bond motifs is 1. The number of thioether (sulfide) groups is 1. The quantitative estimate of drug-likeness (QED) is 0.153. The van der Waals surface area contributed by atoms with Crippen LogP contribution in [0, 0.1) is 17.8 Å². The SMILES string of the molecule is C=CCCCOC(=O)[C@@H]1[C@H]2C(=O)N(CCCCCCO)C(C(=O)N(CC=C)CCCCC)C23S[C@@H]1CC3C. The minimum absolute atomic E-state index is 0.000745. The maximum atomic E-state index is 14.3. The van der Waals surface area contributed by atoms with Gasteiger partial charge in [0.25, 0.3) is 0 Å². The molecule has 6 atom stereocenters. The Labute approximate surface area is 233 Å². The highest BCUT2D eigenvalue weighted by Crippen LogP contribution is 2.68. The number of allylic oxidation sites excluding steroid dienone is 1. The van der Waals surface area contributed by atoms with E-state index >= 15 is 0 Å². The van der Waals surface area contributed by atoms with E-state index in [2.05, 4.69) is 27.0 Å². The second-order valence-corrected chi connectivity index (χ2v) is 12.6. The molecule has 38 heavy (non-hydrogen) atoms. The van der Waals surface area contributed by atoms with Gasteiger partial charge in [0.05, 0.1) is 23.2 Å². The van der Waals surface area contributed by atoms with Gasteiger partial charge in [-0.05, 0) is 44.4 Å². The van der Waals surface area contributed by atoms with E-state index in [-0.39, 0.29) is 35.6 Å². The number of aliphatic hydroxyl groups is 1. The van der Waals surface area contributed by atoms with Crippen LogP contribution >= 0.6 is 11.8 Å². The van der Waals surface area contributed by atoms with Gasteiger partial charge >= 0.3 is 5.97 Å². The molecule has 0 saturated carbocycles. The Hall–Kier alpha value is -1.80. The number of aliphatic hydroxyl groups excluding tert-OH is 1. The fraction of sp³-hybridized carbons (Fsp3) is 0.767. The van der Waals surface area contributed by atoms with Crippen LogP contribution in [0.15, 0.2) is 25.3 Å². The van der Waals surface area contributed by atoms with E-state index in [1.165, 1.54) is 0 Å². The second-order valence-electron chi connectivity index (χ2n) is 11.1. The molecule has 0 radical (unpaired) electrons. The number of hydrogen-bond donors (Lipinski definition) is 1. The first kappa shape index (κ1) is 30.7. The lowest BCUT2D eigenvalue weighted by molar-refractivity contribution is -0.154. The van der Waals surface area contributed by atoms with Gasteiger partial charge in [0.2, 0.25) is 11.8 Å². The number of unbranched alkanes of at least 4 members (excludes halogenated alkanes) is 6. The summed E-state index contributed by atoms with van der Waals surface area (Å²) in [5.74, 6) is -1.25. The summed E-state index contributed by atoms with van der Waals surface area (Å²) in [5, 5.41) is 9.14. The summed E-state index contributed by atoms with van der Waals surface area (Å²) in [6.45, 7) is 14.0. The predicted molar refractivity (Wildman–Crippen MR) is 153 cm³/mol. The first-order valence-electron chi connectivity index (χ1n) is 14.6. The van der Waals surface area contributed by atoms with Crippen LogP contribution in [0.1, 0.15) is 78.1 Å². The maximum Gasteiger partial charge on any atom is 0.310 e. The minimum Gasteiger partial charge on any atom is -0.465 e. The van der Waals surface area contributed by atoms with Gasteiger partial charge < -0.3 is 19.6 Å². The maximum absolute atomic E-state index is 14.3. The van der Waals surface area contributed by atoms with Crippen molar-refractivity contribution in [1.29, 1.82) is 0 Å². The summed E-state index contributed by atoms with van der Waals surface area (Å²) < 4.78 is 5.06. The van der Waals surface area contributed by atoms with Crippen molar-refractivity contribution < 1.29 is 24.2 Å². The molecule has 1 spiro atoms. The smallest absolute Gasteiger partial charge is 0.310 e. The highest BCUT2D eigenvalue weighted by atomic mass is 32.2. The molecule has 7 nitrogen and oxygen atoms in total. The van der Waals surface area contributed by atoms with E-state index in [0.717, 1.165) is 64.2 Å². The Morgan fingerprint density at radius 1 is 1.16 bits per heavy atom. The number of carbonyl (C=O) groups is 3. The number of nitrogens with zero attached hydrogens (tertiary/aromatic N) is 2. The van der Waals surface area contributed by atoms with Crippen LogP contribution in [0.5, 0.6) is 0 Å². The molecule has 3 aliphatic heterocycles. The van der Waals surface area contributed by atoms with Crippen LogP contribution in [-0.4, -0.2) is 81.6 Å².